The van der Waals surface area contributed by atoms with Gasteiger partial charge in [0.1, 0.15) is 5.01 Å². The average Bonchev–Trinajstić information content (AvgIpc) is 2.67. The Morgan fingerprint density at radius 3 is 2.88 bits per heavy atom. The lowest BCUT2D eigenvalue weighted by molar-refractivity contribution is 1.07. The minimum absolute atomic E-state index is 0.788. The highest BCUT2D eigenvalue weighted by molar-refractivity contribution is 9.10. The van der Waals surface area contributed by atoms with Gasteiger partial charge in [0.2, 0.25) is 0 Å². The molecule has 0 unspecified atom stereocenters. The van der Waals surface area contributed by atoms with E-state index in [2.05, 4.69) is 44.6 Å². The number of anilines is 1. The number of hydrogen-bond acceptors (Lipinski definition) is 3. The van der Waals surface area contributed by atoms with Crippen molar-refractivity contribution in [1.29, 1.82) is 0 Å². The number of aryl methyl sites for hydroxylation is 1. The first-order chi connectivity index (χ1) is 7.66. The molecule has 1 N–H and O–H groups in total. The summed E-state index contributed by atoms with van der Waals surface area (Å²) in [6.45, 7) is 4.90. The number of thiazole rings is 1. The molecule has 0 aliphatic heterocycles. The van der Waals surface area contributed by atoms with E-state index in [0.29, 0.717) is 0 Å². The number of nitrogens with zero attached hydrogens (tertiary/aromatic N) is 1. The standard InChI is InChI=1S/C12H13BrN2S/c1-8-7-16-12(15-8)6-14-11-5-3-4-10(13)9(11)2/h3-5,7,14H,6H2,1-2H3. The number of rotatable bonds is 3. The lowest BCUT2D eigenvalue weighted by atomic mass is 10.2. The molecule has 84 valence electrons. The van der Waals surface area contributed by atoms with Crippen molar-refractivity contribution in [3.05, 3.63) is 44.3 Å². The van der Waals surface area contributed by atoms with Crippen LogP contribution in [0.25, 0.3) is 0 Å². The van der Waals surface area contributed by atoms with Crippen LogP contribution in [0.1, 0.15) is 16.3 Å². The van der Waals surface area contributed by atoms with Crippen molar-refractivity contribution >= 4 is 33.0 Å². The molecule has 0 aliphatic rings. The molecule has 0 radical (unpaired) electrons. The highest BCUT2D eigenvalue weighted by Gasteiger charge is 2.02. The summed E-state index contributed by atoms with van der Waals surface area (Å²) in [5.74, 6) is 0. The van der Waals surface area contributed by atoms with E-state index in [0.717, 1.165) is 27.4 Å². The van der Waals surface area contributed by atoms with E-state index >= 15 is 0 Å². The molecule has 1 aromatic heterocycles. The van der Waals surface area contributed by atoms with Crippen molar-refractivity contribution in [2.24, 2.45) is 0 Å². The van der Waals surface area contributed by atoms with Gasteiger partial charge >= 0.3 is 0 Å². The quantitative estimate of drug-likeness (QED) is 0.921. The lowest BCUT2D eigenvalue weighted by Crippen LogP contribution is -2.00. The Morgan fingerprint density at radius 2 is 2.19 bits per heavy atom. The maximum Gasteiger partial charge on any atom is 0.112 e. The molecule has 1 heterocycles. The number of nitrogens with one attached hydrogen (secondary N) is 1. The Labute approximate surface area is 108 Å². The monoisotopic (exact) mass is 296 g/mol. The van der Waals surface area contributed by atoms with Crippen molar-refractivity contribution in [2.75, 3.05) is 5.32 Å². The van der Waals surface area contributed by atoms with Crippen molar-refractivity contribution in [1.82, 2.24) is 4.98 Å². The molecule has 2 aromatic rings. The number of aromatic nitrogens is 1. The van der Waals surface area contributed by atoms with Crippen LogP contribution in [0.4, 0.5) is 5.69 Å². The van der Waals surface area contributed by atoms with E-state index in [1.54, 1.807) is 11.3 Å². The van der Waals surface area contributed by atoms with E-state index < -0.39 is 0 Å². The second-order valence-corrected chi connectivity index (χ2v) is 5.45. The summed E-state index contributed by atoms with van der Waals surface area (Å²) in [4.78, 5) is 4.42. The largest absolute Gasteiger partial charge is 0.378 e. The van der Waals surface area contributed by atoms with Gasteiger partial charge < -0.3 is 5.32 Å². The second kappa shape index (κ2) is 4.97. The smallest absolute Gasteiger partial charge is 0.112 e. The fraction of sp³-hybridized carbons (Fsp3) is 0.250. The zero-order valence-corrected chi connectivity index (χ0v) is 11.7. The zero-order valence-electron chi connectivity index (χ0n) is 9.25. The molecule has 0 fully saturated rings. The van der Waals surface area contributed by atoms with E-state index in [1.807, 2.05) is 19.1 Å². The molecule has 0 amide bonds. The first-order valence-electron chi connectivity index (χ1n) is 5.07. The molecule has 0 aliphatic carbocycles. The summed E-state index contributed by atoms with van der Waals surface area (Å²) < 4.78 is 1.13. The minimum atomic E-state index is 0.788. The molecule has 1 aromatic carbocycles. The van der Waals surface area contributed by atoms with Gasteiger partial charge in [0, 0.05) is 21.2 Å². The average molecular weight is 297 g/mol. The third kappa shape index (κ3) is 2.62. The van der Waals surface area contributed by atoms with E-state index in [-0.39, 0.29) is 0 Å². The van der Waals surface area contributed by atoms with Crippen LogP contribution in [-0.2, 0) is 6.54 Å². The van der Waals surface area contributed by atoms with Crippen LogP contribution >= 0.6 is 27.3 Å². The molecule has 0 saturated carbocycles. The SMILES string of the molecule is Cc1csc(CNc2cccc(Br)c2C)n1. The van der Waals surface area contributed by atoms with Gasteiger partial charge in [-0.2, -0.15) is 0 Å². The van der Waals surface area contributed by atoms with Gasteiger partial charge in [0.15, 0.2) is 0 Å². The molecular formula is C12H13BrN2S. The predicted octanol–water partition coefficient (Wildman–Crippen LogP) is 4.13. The second-order valence-electron chi connectivity index (χ2n) is 3.65. The van der Waals surface area contributed by atoms with Gasteiger partial charge in [-0.1, -0.05) is 22.0 Å². The van der Waals surface area contributed by atoms with Crippen molar-refractivity contribution < 1.29 is 0 Å². The van der Waals surface area contributed by atoms with E-state index in [4.69, 9.17) is 0 Å². The summed E-state index contributed by atoms with van der Waals surface area (Å²) in [6.07, 6.45) is 0. The van der Waals surface area contributed by atoms with Crippen LogP contribution in [0.3, 0.4) is 0 Å². The van der Waals surface area contributed by atoms with E-state index in [1.165, 1.54) is 5.56 Å². The van der Waals surface area contributed by atoms with Gasteiger partial charge in [-0.15, -0.1) is 11.3 Å². The first-order valence-corrected chi connectivity index (χ1v) is 6.74. The molecule has 0 saturated heterocycles. The Hall–Kier alpha value is -0.870. The molecule has 0 bridgehead atoms. The summed E-state index contributed by atoms with van der Waals surface area (Å²) in [5, 5.41) is 6.60. The first kappa shape index (κ1) is 11.6. The van der Waals surface area contributed by atoms with Crippen molar-refractivity contribution in [2.45, 2.75) is 20.4 Å². The van der Waals surface area contributed by atoms with Crippen molar-refractivity contribution in [3.8, 4) is 0 Å². The maximum atomic E-state index is 4.42. The Bertz CT molecular complexity index is 494. The fourth-order valence-electron chi connectivity index (χ4n) is 1.45. The number of halogens is 1. The van der Waals surface area contributed by atoms with Gasteiger partial charge in [-0.05, 0) is 31.5 Å². The highest BCUT2D eigenvalue weighted by Crippen LogP contribution is 2.24. The van der Waals surface area contributed by atoms with E-state index in [9.17, 15) is 0 Å². The zero-order chi connectivity index (χ0) is 11.5. The van der Waals surface area contributed by atoms with Gasteiger partial charge in [-0.25, -0.2) is 4.98 Å². The summed E-state index contributed by atoms with van der Waals surface area (Å²) in [5.41, 5.74) is 3.48. The van der Waals surface area contributed by atoms with Crippen molar-refractivity contribution in [3.63, 3.8) is 0 Å². The third-order valence-electron chi connectivity index (χ3n) is 2.36. The minimum Gasteiger partial charge on any atom is -0.378 e. The summed E-state index contributed by atoms with van der Waals surface area (Å²) in [6, 6.07) is 6.17. The molecule has 16 heavy (non-hydrogen) atoms. The predicted molar refractivity (Wildman–Crippen MR) is 73.1 cm³/mol. The molecule has 0 spiro atoms. The topological polar surface area (TPSA) is 24.9 Å². The van der Waals surface area contributed by atoms with Crippen LogP contribution in [-0.4, -0.2) is 4.98 Å². The van der Waals surface area contributed by atoms with Crippen LogP contribution in [0, 0.1) is 13.8 Å². The Kier molecular flexibility index (Phi) is 3.61. The summed E-state index contributed by atoms with van der Waals surface area (Å²) in [7, 11) is 0. The number of benzene rings is 1. The lowest BCUT2D eigenvalue weighted by Gasteiger charge is -2.09. The molecule has 0 atom stereocenters. The normalized spacial score (nSPS) is 10.4. The molecular weight excluding hydrogens is 284 g/mol. The van der Waals surface area contributed by atoms with Gasteiger partial charge in [-0.3, -0.25) is 0 Å². The van der Waals surface area contributed by atoms with Crippen LogP contribution in [0.5, 0.6) is 0 Å². The molecule has 2 rings (SSSR count). The molecule has 4 heteroatoms. The maximum absolute atomic E-state index is 4.42. The summed E-state index contributed by atoms with van der Waals surface area (Å²) >= 11 is 5.22. The number of hydrogen-bond donors (Lipinski definition) is 1. The molecule has 2 nitrogen and oxygen atoms in total. The third-order valence-corrected chi connectivity index (χ3v) is 4.19. The van der Waals surface area contributed by atoms with Crippen LogP contribution in [0.15, 0.2) is 28.1 Å². The van der Waals surface area contributed by atoms with Crippen LogP contribution in [0.2, 0.25) is 0 Å². The fourth-order valence-corrected chi connectivity index (χ4v) is 2.53. The van der Waals surface area contributed by atoms with Gasteiger partial charge in [0.05, 0.1) is 6.54 Å². The highest BCUT2D eigenvalue weighted by atomic mass is 79.9. The Morgan fingerprint density at radius 1 is 1.38 bits per heavy atom. The Balaban J connectivity index is 2.07. The van der Waals surface area contributed by atoms with Crippen LogP contribution < -0.4 is 5.32 Å². The van der Waals surface area contributed by atoms with Gasteiger partial charge in [0.25, 0.3) is 0 Å².